The topological polar surface area (TPSA) is 76.1 Å². The average Bonchev–Trinajstić information content (AvgIpc) is 2.83. The van der Waals surface area contributed by atoms with Crippen LogP contribution in [0.4, 0.5) is 5.69 Å². The van der Waals surface area contributed by atoms with E-state index in [0.29, 0.717) is 26.9 Å². The molecule has 3 rings (SSSR count). The first-order valence-corrected chi connectivity index (χ1v) is 10.9. The van der Waals surface area contributed by atoms with Gasteiger partial charge in [0.25, 0.3) is 5.91 Å². The molecule has 3 atom stereocenters. The first-order chi connectivity index (χ1) is 14.7. The largest absolute Gasteiger partial charge is 0.464 e. The van der Waals surface area contributed by atoms with Crippen LogP contribution in [-0.4, -0.2) is 41.8 Å². The van der Waals surface area contributed by atoms with Crippen molar-refractivity contribution in [1.29, 1.82) is 0 Å². The molecule has 0 saturated carbocycles. The van der Waals surface area contributed by atoms with Crippen molar-refractivity contribution in [3.8, 4) is 0 Å². The van der Waals surface area contributed by atoms with Gasteiger partial charge in [-0.2, -0.15) is 0 Å². The maximum Gasteiger partial charge on any atom is 0.335 e. The maximum absolute atomic E-state index is 13.5. The molecule has 0 saturated heterocycles. The van der Waals surface area contributed by atoms with E-state index in [1.807, 2.05) is 26.0 Å². The van der Waals surface area contributed by atoms with Gasteiger partial charge in [0.1, 0.15) is 12.2 Å². The lowest BCUT2D eigenvalue weighted by Crippen LogP contribution is -2.45. The van der Waals surface area contributed by atoms with Gasteiger partial charge in [-0.3, -0.25) is 4.79 Å². The molecular formula is C23H25Cl2NO5. The third-order valence-electron chi connectivity index (χ3n) is 5.04. The number of ether oxygens (including phenoxy) is 2. The van der Waals surface area contributed by atoms with Crippen molar-refractivity contribution < 1.29 is 24.2 Å². The van der Waals surface area contributed by atoms with E-state index in [2.05, 4.69) is 0 Å². The summed E-state index contributed by atoms with van der Waals surface area (Å²) in [6.45, 7) is 5.53. The van der Waals surface area contributed by atoms with Crippen molar-refractivity contribution in [3.05, 3.63) is 63.6 Å². The molecule has 2 aromatic rings. The minimum Gasteiger partial charge on any atom is -0.464 e. The highest BCUT2D eigenvalue weighted by molar-refractivity contribution is 6.31. The van der Waals surface area contributed by atoms with Crippen LogP contribution in [0, 0.1) is 0 Å². The summed E-state index contributed by atoms with van der Waals surface area (Å²) in [5.41, 5.74) is 1.97. The summed E-state index contributed by atoms with van der Waals surface area (Å²) < 4.78 is 11.1. The Bertz CT molecular complexity index is 965. The number of benzene rings is 2. The predicted molar refractivity (Wildman–Crippen MR) is 119 cm³/mol. The molecule has 1 aliphatic heterocycles. The normalized spacial score (nSPS) is 19.7. The van der Waals surface area contributed by atoms with Crippen molar-refractivity contribution in [1.82, 2.24) is 0 Å². The van der Waals surface area contributed by atoms with Gasteiger partial charge in [0, 0.05) is 33.6 Å². The molecule has 8 heteroatoms. The molecule has 1 aliphatic rings. The number of rotatable bonds is 6. The third kappa shape index (κ3) is 5.04. The number of aliphatic hydroxyl groups excluding tert-OH is 1. The minimum atomic E-state index is -1.50. The van der Waals surface area contributed by atoms with E-state index in [-0.39, 0.29) is 25.0 Å². The van der Waals surface area contributed by atoms with Crippen LogP contribution in [0.25, 0.3) is 0 Å². The molecule has 0 bridgehead atoms. The van der Waals surface area contributed by atoms with Gasteiger partial charge in [-0.15, -0.1) is 0 Å². The molecule has 166 valence electrons. The predicted octanol–water partition coefficient (Wildman–Crippen LogP) is 4.54. The zero-order valence-electron chi connectivity index (χ0n) is 17.5. The van der Waals surface area contributed by atoms with Crippen molar-refractivity contribution in [2.24, 2.45) is 0 Å². The van der Waals surface area contributed by atoms with E-state index in [1.54, 1.807) is 42.2 Å². The Morgan fingerprint density at radius 3 is 2.55 bits per heavy atom. The number of anilines is 1. The molecule has 3 unspecified atom stereocenters. The van der Waals surface area contributed by atoms with E-state index in [0.717, 1.165) is 0 Å². The number of fused-ring (bicyclic) bond motifs is 1. The zero-order chi connectivity index (χ0) is 22.7. The van der Waals surface area contributed by atoms with Crippen LogP contribution in [-0.2, 0) is 19.1 Å². The van der Waals surface area contributed by atoms with E-state index >= 15 is 0 Å². The fourth-order valence-corrected chi connectivity index (χ4v) is 4.09. The molecule has 31 heavy (non-hydrogen) atoms. The second-order valence-electron chi connectivity index (χ2n) is 7.53. The highest BCUT2D eigenvalue weighted by Crippen LogP contribution is 2.42. The van der Waals surface area contributed by atoms with E-state index in [4.69, 9.17) is 32.7 Å². The van der Waals surface area contributed by atoms with Gasteiger partial charge in [-0.1, -0.05) is 41.4 Å². The van der Waals surface area contributed by atoms with Gasteiger partial charge in [-0.05, 0) is 45.0 Å². The molecule has 0 spiro atoms. The van der Waals surface area contributed by atoms with Crippen molar-refractivity contribution in [2.45, 2.75) is 51.5 Å². The highest BCUT2D eigenvalue weighted by atomic mass is 35.5. The Hall–Kier alpha value is -2.12. The van der Waals surface area contributed by atoms with E-state index in [1.165, 1.54) is 0 Å². The van der Waals surface area contributed by atoms with Gasteiger partial charge in [-0.25, -0.2) is 4.79 Å². The van der Waals surface area contributed by atoms with Crippen LogP contribution in [0.1, 0.15) is 44.4 Å². The fourth-order valence-electron chi connectivity index (χ4n) is 3.68. The Morgan fingerprint density at radius 2 is 1.90 bits per heavy atom. The molecule has 0 radical (unpaired) electrons. The molecule has 1 amide bonds. The number of halogens is 2. The molecule has 1 N–H and O–H groups in total. The van der Waals surface area contributed by atoms with Crippen molar-refractivity contribution in [3.63, 3.8) is 0 Å². The molecule has 2 aromatic carbocycles. The van der Waals surface area contributed by atoms with Crippen LogP contribution < -0.4 is 4.90 Å². The Balaban J connectivity index is 2.12. The summed E-state index contributed by atoms with van der Waals surface area (Å²) >= 11 is 12.8. The number of amides is 1. The minimum absolute atomic E-state index is 0.125. The van der Waals surface area contributed by atoms with Gasteiger partial charge in [0.15, 0.2) is 6.10 Å². The first-order valence-electron chi connectivity index (χ1n) is 10.1. The Morgan fingerprint density at radius 1 is 1.19 bits per heavy atom. The number of aliphatic hydroxyl groups is 1. The summed E-state index contributed by atoms with van der Waals surface area (Å²) in [7, 11) is 0. The van der Waals surface area contributed by atoms with Crippen LogP contribution in [0.5, 0.6) is 0 Å². The zero-order valence-corrected chi connectivity index (χ0v) is 19.1. The lowest BCUT2D eigenvalue weighted by molar-refractivity contribution is -0.156. The second kappa shape index (κ2) is 10.0. The quantitative estimate of drug-likeness (QED) is 0.633. The van der Waals surface area contributed by atoms with E-state index in [9.17, 15) is 14.7 Å². The molecule has 0 aromatic heterocycles. The van der Waals surface area contributed by atoms with Crippen LogP contribution >= 0.6 is 23.2 Å². The number of carbonyl (C=O) groups excluding carboxylic acids is 2. The number of carbonyl (C=O) groups is 2. The van der Waals surface area contributed by atoms with E-state index < -0.39 is 24.3 Å². The summed E-state index contributed by atoms with van der Waals surface area (Å²) in [5.74, 6) is -1.16. The Kier molecular flexibility index (Phi) is 7.59. The Labute approximate surface area is 191 Å². The second-order valence-corrected chi connectivity index (χ2v) is 8.38. The standard InChI is InChI=1S/C23H25Cl2NO5/c1-4-30-23(29)19(27)12-20-22(28)26(13(2)3)18-10-9-14(24)11-16(18)21(31-20)15-7-5-6-8-17(15)25/h5-11,13,19-21,27H,4,12H2,1-3H3. The number of hydrogen-bond donors (Lipinski definition) is 1. The van der Waals surface area contributed by atoms with Crippen molar-refractivity contribution in [2.75, 3.05) is 11.5 Å². The SMILES string of the molecule is CCOC(=O)C(O)CC1OC(c2ccccc2Cl)c2cc(Cl)ccc2N(C(C)C)C1=O. The highest BCUT2D eigenvalue weighted by Gasteiger charge is 2.40. The lowest BCUT2D eigenvalue weighted by Gasteiger charge is -2.29. The first kappa shape index (κ1) is 23.5. The third-order valence-corrected chi connectivity index (χ3v) is 5.62. The van der Waals surface area contributed by atoms with Gasteiger partial charge >= 0.3 is 5.97 Å². The number of esters is 1. The van der Waals surface area contributed by atoms with Crippen molar-refractivity contribution >= 4 is 40.8 Å². The maximum atomic E-state index is 13.5. The summed E-state index contributed by atoms with van der Waals surface area (Å²) in [4.78, 5) is 27.1. The lowest BCUT2D eigenvalue weighted by atomic mass is 9.99. The smallest absolute Gasteiger partial charge is 0.335 e. The van der Waals surface area contributed by atoms with Gasteiger partial charge in [0.05, 0.1) is 12.3 Å². The van der Waals surface area contributed by atoms with Gasteiger partial charge in [0.2, 0.25) is 0 Å². The van der Waals surface area contributed by atoms with Gasteiger partial charge < -0.3 is 19.5 Å². The number of nitrogens with zero attached hydrogens (tertiary/aromatic N) is 1. The monoisotopic (exact) mass is 465 g/mol. The molecule has 0 fully saturated rings. The van der Waals surface area contributed by atoms with Crippen LogP contribution in [0.15, 0.2) is 42.5 Å². The summed E-state index contributed by atoms with van der Waals surface area (Å²) in [5, 5.41) is 11.3. The molecule has 0 aliphatic carbocycles. The molecular weight excluding hydrogens is 441 g/mol. The summed E-state index contributed by atoms with van der Waals surface area (Å²) in [6, 6.07) is 12.2. The number of hydrogen-bond acceptors (Lipinski definition) is 5. The van der Waals surface area contributed by atoms with Crippen LogP contribution in [0.3, 0.4) is 0 Å². The molecule has 1 heterocycles. The molecule has 6 nitrogen and oxygen atoms in total. The average molecular weight is 466 g/mol. The van der Waals surface area contributed by atoms with Crippen LogP contribution in [0.2, 0.25) is 10.0 Å². The summed E-state index contributed by atoms with van der Waals surface area (Å²) in [6.07, 6.45) is -3.58. The fraction of sp³-hybridized carbons (Fsp3) is 0.391.